The number of hydrogen-bond acceptors (Lipinski definition) is 4. The molecule has 144 valence electrons. The Balaban J connectivity index is 1.85. The lowest BCUT2D eigenvalue weighted by Gasteiger charge is -2.16. The number of hydrogen-bond donors (Lipinski definition) is 2. The van der Waals surface area contributed by atoms with E-state index in [0.29, 0.717) is 25.2 Å². The fraction of sp³-hybridized carbons (Fsp3) is 0.333. The van der Waals surface area contributed by atoms with Gasteiger partial charge in [0.2, 0.25) is 0 Å². The molecule has 0 aliphatic heterocycles. The van der Waals surface area contributed by atoms with Gasteiger partial charge in [0.05, 0.1) is 26.8 Å². The van der Waals surface area contributed by atoms with Gasteiger partial charge in [-0.2, -0.15) is 0 Å². The normalized spacial score (nSPS) is 11.6. The number of ether oxygens (including phenoxy) is 2. The van der Waals surface area contributed by atoms with Crippen molar-refractivity contribution in [2.75, 3.05) is 27.8 Å². The van der Waals surface area contributed by atoms with E-state index in [9.17, 15) is 9.59 Å². The minimum atomic E-state index is -0.373. The van der Waals surface area contributed by atoms with Gasteiger partial charge >= 0.3 is 5.97 Å². The van der Waals surface area contributed by atoms with Gasteiger partial charge in [-0.15, -0.1) is 0 Å². The summed E-state index contributed by atoms with van der Waals surface area (Å²) in [7, 11) is 4.98. The van der Waals surface area contributed by atoms with E-state index in [2.05, 4.69) is 16.1 Å². The molecular formula is C21H27N2O4+. The molecule has 27 heavy (non-hydrogen) atoms. The van der Waals surface area contributed by atoms with Crippen LogP contribution in [0.15, 0.2) is 42.5 Å². The van der Waals surface area contributed by atoms with Crippen molar-refractivity contribution < 1.29 is 24.0 Å². The molecule has 0 fully saturated rings. The summed E-state index contributed by atoms with van der Waals surface area (Å²) in [5, 5.41) is 2.91. The van der Waals surface area contributed by atoms with Gasteiger partial charge in [-0.05, 0) is 36.8 Å². The summed E-state index contributed by atoms with van der Waals surface area (Å²) in [5.41, 5.74) is 3.66. The van der Waals surface area contributed by atoms with Crippen LogP contribution in [0.25, 0.3) is 0 Å². The van der Waals surface area contributed by atoms with Gasteiger partial charge in [0, 0.05) is 12.1 Å². The second-order valence-electron chi connectivity index (χ2n) is 6.59. The molecule has 1 atom stereocenters. The van der Waals surface area contributed by atoms with E-state index in [4.69, 9.17) is 4.74 Å². The Kier molecular flexibility index (Phi) is 7.37. The zero-order chi connectivity index (χ0) is 19.8. The highest BCUT2D eigenvalue weighted by Gasteiger charge is 2.13. The van der Waals surface area contributed by atoms with Crippen molar-refractivity contribution in [3.05, 3.63) is 64.7 Å². The number of aryl methyl sites for hydroxylation is 1. The Morgan fingerprint density at radius 2 is 1.78 bits per heavy atom. The fourth-order valence-electron chi connectivity index (χ4n) is 2.85. The molecule has 0 spiro atoms. The van der Waals surface area contributed by atoms with Crippen LogP contribution in [0.5, 0.6) is 5.75 Å². The number of methoxy groups -OCH3 is 2. The van der Waals surface area contributed by atoms with Crippen LogP contribution in [-0.2, 0) is 22.6 Å². The Morgan fingerprint density at radius 1 is 1.07 bits per heavy atom. The van der Waals surface area contributed by atoms with Gasteiger partial charge < -0.3 is 19.7 Å². The molecule has 2 N–H and O–H groups in total. The third kappa shape index (κ3) is 6.11. The Bertz CT molecular complexity index is 787. The number of carbonyl (C=O) groups excluding carboxylic acids is 2. The van der Waals surface area contributed by atoms with Crippen LogP contribution >= 0.6 is 0 Å². The fourth-order valence-corrected chi connectivity index (χ4v) is 2.85. The third-order valence-corrected chi connectivity index (χ3v) is 4.26. The molecule has 0 bridgehead atoms. The van der Waals surface area contributed by atoms with E-state index >= 15 is 0 Å². The first-order valence-electron chi connectivity index (χ1n) is 8.81. The average Bonchev–Trinajstić information content (AvgIpc) is 2.66. The number of benzene rings is 2. The summed E-state index contributed by atoms with van der Waals surface area (Å²) < 4.78 is 10.1. The SMILES string of the molecule is COC(=O)c1ccc(CNC(=O)C[NH+](C)Cc2cc(C)ccc2OC)cc1. The zero-order valence-corrected chi connectivity index (χ0v) is 16.3. The molecule has 2 aromatic carbocycles. The number of likely N-dealkylation sites (N-methyl/N-ethyl adjacent to an activating group) is 1. The van der Waals surface area contributed by atoms with Crippen molar-refractivity contribution in [1.82, 2.24) is 5.32 Å². The minimum Gasteiger partial charge on any atom is -0.496 e. The number of carbonyl (C=O) groups is 2. The highest BCUT2D eigenvalue weighted by atomic mass is 16.5. The van der Waals surface area contributed by atoms with E-state index in [-0.39, 0.29) is 11.9 Å². The molecule has 2 aromatic rings. The monoisotopic (exact) mass is 371 g/mol. The van der Waals surface area contributed by atoms with Crippen molar-refractivity contribution >= 4 is 11.9 Å². The maximum absolute atomic E-state index is 12.2. The molecule has 0 saturated carbocycles. The number of amides is 1. The van der Waals surface area contributed by atoms with Crippen molar-refractivity contribution in [3.63, 3.8) is 0 Å². The molecule has 6 nitrogen and oxygen atoms in total. The van der Waals surface area contributed by atoms with Crippen molar-refractivity contribution in [2.45, 2.75) is 20.0 Å². The van der Waals surface area contributed by atoms with Gasteiger partial charge in [0.1, 0.15) is 12.3 Å². The van der Waals surface area contributed by atoms with Crippen LogP contribution in [0.4, 0.5) is 0 Å². The largest absolute Gasteiger partial charge is 0.496 e. The lowest BCUT2D eigenvalue weighted by Crippen LogP contribution is -3.08. The van der Waals surface area contributed by atoms with Crippen LogP contribution < -0.4 is 15.0 Å². The summed E-state index contributed by atoms with van der Waals surface area (Å²) in [5.74, 6) is 0.435. The molecule has 0 heterocycles. The number of rotatable bonds is 8. The molecule has 0 aliphatic rings. The third-order valence-electron chi connectivity index (χ3n) is 4.26. The zero-order valence-electron chi connectivity index (χ0n) is 16.3. The lowest BCUT2D eigenvalue weighted by atomic mass is 10.1. The Morgan fingerprint density at radius 3 is 2.41 bits per heavy atom. The second kappa shape index (κ2) is 9.73. The van der Waals surface area contributed by atoms with Gasteiger partial charge in [-0.25, -0.2) is 4.79 Å². The predicted molar refractivity (Wildman–Crippen MR) is 103 cm³/mol. The molecule has 1 amide bonds. The standard InChI is InChI=1S/C21H26N2O4/c1-15-5-10-19(26-3)18(11-15)13-23(2)14-20(24)22-12-16-6-8-17(9-7-16)21(25)27-4/h5-11H,12-14H2,1-4H3,(H,22,24)/p+1. The molecule has 0 aromatic heterocycles. The molecule has 0 saturated heterocycles. The minimum absolute atomic E-state index is 0.0313. The maximum Gasteiger partial charge on any atom is 0.337 e. The summed E-state index contributed by atoms with van der Waals surface area (Å²) >= 11 is 0. The highest BCUT2D eigenvalue weighted by Crippen LogP contribution is 2.18. The number of nitrogens with one attached hydrogen (secondary N) is 2. The molecule has 0 radical (unpaired) electrons. The van der Waals surface area contributed by atoms with Crippen LogP contribution in [0.3, 0.4) is 0 Å². The molecule has 1 unspecified atom stereocenters. The molecule has 0 aliphatic carbocycles. The quantitative estimate of drug-likeness (QED) is 0.683. The smallest absolute Gasteiger partial charge is 0.337 e. The summed E-state index contributed by atoms with van der Waals surface area (Å²) in [6.45, 7) is 3.52. The Labute approximate surface area is 160 Å². The van der Waals surface area contributed by atoms with E-state index in [1.807, 2.05) is 26.1 Å². The number of quaternary nitrogens is 1. The first-order chi connectivity index (χ1) is 12.9. The van der Waals surface area contributed by atoms with E-state index < -0.39 is 0 Å². The van der Waals surface area contributed by atoms with Crippen LogP contribution in [-0.4, -0.2) is 39.7 Å². The maximum atomic E-state index is 12.2. The summed E-state index contributed by atoms with van der Waals surface area (Å²) in [4.78, 5) is 24.7. The van der Waals surface area contributed by atoms with E-state index in [1.54, 1.807) is 31.4 Å². The van der Waals surface area contributed by atoms with Crippen LogP contribution in [0.1, 0.15) is 27.0 Å². The highest BCUT2D eigenvalue weighted by molar-refractivity contribution is 5.89. The molecular weight excluding hydrogens is 344 g/mol. The molecule has 6 heteroatoms. The first-order valence-corrected chi connectivity index (χ1v) is 8.81. The predicted octanol–water partition coefficient (Wildman–Crippen LogP) is 1.12. The van der Waals surface area contributed by atoms with Crippen molar-refractivity contribution in [3.8, 4) is 5.75 Å². The lowest BCUT2D eigenvalue weighted by molar-refractivity contribution is -0.885. The van der Waals surface area contributed by atoms with E-state index in [1.165, 1.54) is 12.7 Å². The van der Waals surface area contributed by atoms with Crippen molar-refractivity contribution in [1.29, 1.82) is 0 Å². The second-order valence-corrected chi connectivity index (χ2v) is 6.59. The van der Waals surface area contributed by atoms with Gasteiger partial charge in [0.15, 0.2) is 6.54 Å². The number of esters is 1. The van der Waals surface area contributed by atoms with Gasteiger partial charge in [-0.1, -0.05) is 23.8 Å². The Hall–Kier alpha value is -2.86. The van der Waals surface area contributed by atoms with Gasteiger partial charge in [-0.3, -0.25) is 4.79 Å². The van der Waals surface area contributed by atoms with E-state index in [0.717, 1.165) is 21.8 Å². The average molecular weight is 371 g/mol. The topological polar surface area (TPSA) is 69.1 Å². The van der Waals surface area contributed by atoms with Crippen LogP contribution in [0, 0.1) is 6.92 Å². The summed E-state index contributed by atoms with van der Waals surface area (Å²) in [6, 6.07) is 13.0. The molecule has 2 rings (SSSR count). The van der Waals surface area contributed by atoms with Gasteiger partial charge in [0.25, 0.3) is 5.91 Å². The summed E-state index contributed by atoms with van der Waals surface area (Å²) in [6.07, 6.45) is 0. The first kappa shape index (κ1) is 20.5. The van der Waals surface area contributed by atoms with Crippen molar-refractivity contribution in [2.24, 2.45) is 0 Å². The van der Waals surface area contributed by atoms with Crippen LogP contribution in [0.2, 0.25) is 0 Å².